The molecule has 3 amide bonds. The quantitative estimate of drug-likeness (QED) is 0.827. The van der Waals surface area contributed by atoms with Crippen molar-refractivity contribution in [1.82, 2.24) is 15.5 Å². The van der Waals surface area contributed by atoms with Gasteiger partial charge in [-0.15, -0.1) is 0 Å². The second-order valence-corrected chi connectivity index (χ2v) is 8.30. The second kappa shape index (κ2) is 8.68. The Kier molecular flexibility index (Phi) is 5.84. The molecule has 0 unspecified atom stereocenters. The van der Waals surface area contributed by atoms with E-state index in [9.17, 15) is 9.59 Å². The zero-order valence-corrected chi connectivity index (χ0v) is 16.9. The van der Waals surface area contributed by atoms with Gasteiger partial charge in [0.15, 0.2) is 0 Å². The summed E-state index contributed by atoms with van der Waals surface area (Å²) in [7, 11) is 0. The van der Waals surface area contributed by atoms with Gasteiger partial charge in [-0.1, -0.05) is 48.0 Å². The number of nitrogens with zero attached hydrogens (tertiary/aromatic N) is 1. The molecule has 2 atom stereocenters. The summed E-state index contributed by atoms with van der Waals surface area (Å²) in [4.78, 5) is 27.6. The summed E-state index contributed by atoms with van der Waals surface area (Å²) in [6.07, 6.45) is 4.81. The molecule has 2 saturated heterocycles. The standard InChI is InChI=1S/C24H29N3O2/c1-17-10-12-19(13-11-17)23(28)26-20-14-21-8-5-9-22(15-20)27(21)24(29)25-16-18-6-3-2-4-7-18/h2-4,6-7,10-13,20-22H,5,8-9,14-16H2,1H3,(H,25,29)(H,26,28)/t21-,22-/m1/s1. The molecule has 0 radical (unpaired) electrons. The molecule has 2 fully saturated rings. The van der Waals surface area contributed by atoms with Crippen molar-refractivity contribution in [3.63, 3.8) is 0 Å². The summed E-state index contributed by atoms with van der Waals surface area (Å²) in [5.41, 5.74) is 2.95. The predicted molar refractivity (Wildman–Crippen MR) is 114 cm³/mol. The van der Waals surface area contributed by atoms with Gasteiger partial charge >= 0.3 is 6.03 Å². The van der Waals surface area contributed by atoms with E-state index < -0.39 is 0 Å². The lowest BCUT2D eigenvalue weighted by Gasteiger charge is -2.48. The SMILES string of the molecule is Cc1ccc(C(=O)NC2C[C@H]3CCC[C@H](C2)N3C(=O)NCc2ccccc2)cc1. The molecule has 2 aromatic carbocycles. The molecule has 5 heteroatoms. The number of carbonyl (C=O) groups is 2. The van der Waals surface area contributed by atoms with Crippen molar-refractivity contribution in [2.24, 2.45) is 0 Å². The average molecular weight is 392 g/mol. The van der Waals surface area contributed by atoms with E-state index in [1.807, 2.05) is 66.4 Å². The van der Waals surface area contributed by atoms with Crippen LogP contribution >= 0.6 is 0 Å². The first-order chi connectivity index (χ1) is 14.1. The number of nitrogens with one attached hydrogen (secondary N) is 2. The molecule has 2 bridgehead atoms. The van der Waals surface area contributed by atoms with Crippen LogP contribution in [0.15, 0.2) is 54.6 Å². The largest absolute Gasteiger partial charge is 0.349 e. The first-order valence-corrected chi connectivity index (χ1v) is 10.6. The normalized spacial score (nSPS) is 23.3. The van der Waals surface area contributed by atoms with E-state index in [4.69, 9.17) is 0 Å². The predicted octanol–water partition coefficient (Wildman–Crippen LogP) is 4.02. The van der Waals surface area contributed by atoms with E-state index in [0.717, 1.165) is 43.2 Å². The van der Waals surface area contributed by atoms with Crippen LogP contribution in [0.5, 0.6) is 0 Å². The Labute approximate surface area is 172 Å². The van der Waals surface area contributed by atoms with Gasteiger partial charge in [0, 0.05) is 30.2 Å². The van der Waals surface area contributed by atoms with Crippen molar-refractivity contribution in [1.29, 1.82) is 0 Å². The molecule has 0 saturated carbocycles. The highest BCUT2D eigenvalue weighted by Crippen LogP contribution is 2.34. The van der Waals surface area contributed by atoms with E-state index in [0.29, 0.717) is 12.1 Å². The number of hydrogen-bond acceptors (Lipinski definition) is 2. The van der Waals surface area contributed by atoms with E-state index in [1.165, 1.54) is 0 Å². The molecule has 4 rings (SSSR count). The molecule has 5 nitrogen and oxygen atoms in total. The van der Waals surface area contributed by atoms with Crippen molar-refractivity contribution in [3.05, 3.63) is 71.3 Å². The fraction of sp³-hybridized carbons (Fsp3) is 0.417. The van der Waals surface area contributed by atoms with Crippen molar-refractivity contribution in [2.75, 3.05) is 0 Å². The van der Waals surface area contributed by atoms with Crippen molar-refractivity contribution in [2.45, 2.75) is 63.7 Å². The highest BCUT2D eigenvalue weighted by atomic mass is 16.2. The van der Waals surface area contributed by atoms with Gasteiger partial charge in [-0.3, -0.25) is 4.79 Å². The smallest absolute Gasteiger partial charge is 0.318 e. The Morgan fingerprint density at radius 1 is 0.966 bits per heavy atom. The number of benzene rings is 2. The molecule has 0 spiro atoms. The van der Waals surface area contributed by atoms with Crippen molar-refractivity contribution < 1.29 is 9.59 Å². The number of hydrogen-bond donors (Lipinski definition) is 2. The minimum Gasteiger partial charge on any atom is -0.349 e. The van der Waals surface area contributed by atoms with Gasteiger partial charge in [0.1, 0.15) is 0 Å². The topological polar surface area (TPSA) is 61.4 Å². The number of aryl methyl sites for hydroxylation is 1. The Bertz CT molecular complexity index is 836. The molecular formula is C24H29N3O2. The van der Waals surface area contributed by atoms with E-state index in [2.05, 4.69) is 10.6 Å². The van der Waals surface area contributed by atoms with Crippen molar-refractivity contribution in [3.8, 4) is 0 Å². The van der Waals surface area contributed by atoms with Gasteiger partial charge in [-0.05, 0) is 56.7 Å². The molecular weight excluding hydrogens is 362 g/mol. The molecule has 29 heavy (non-hydrogen) atoms. The number of amides is 3. The van der Waals surface area contributed by atoms with Crippen molar-refractivity contribution >= 4 is 11.9 Å². The van der Waals surface area contributed by atoms with Crippen LogP contribution in [0, 0.1) is 6.92 Å². The maximum atomic E-state index is 12.9. The van der Waals surface area contributed by atoms with Crippen LogP contribution in [0.25, 0.3) is 0 Å². The Hall–Kier alpha value is -2.82. The summed E-state index contributed by atoms with van der Waals surface area (Å²) in [5.74, 6) is -0.0185. The lowest BCUT2D eigenvalue weighted by atomic mass is 9.82. The van der Waals surface area contributed by atoms with Crippen LogP contribution in [0.4, 0.5) is 4.79 Å². The van der Waals surface area contributed by atoms with Gasteiger partial charge in [0.25, 0.3) is 5.91 Å². The minimum absolute atomic E-state index is 0.0185. The molecule has 2 aromatic rings. The second-order valence-electron chi connectivity index (χ2n) is 8.30. The average Bonchev–Trinajstić information content (AvgIpc) is 2.72. The molecule has 2 aliphatic heterocycles. The van der Waals surface area contributed by atoms with Crippen LogP contribution in [0.3, 0.4) is 0 Å². The monoisotopic (exact) mass is 391 g/mol. The van der Waals surface area contributed by atoms with E-state index in [-0.39, 0.29) is 30.1 Å². The van der Waals surface area contributed by atoms with Gasteiger partial charge in [0.05, 0.1) is 0 Å². The maximum Gasteiger partial charge on any atom is 0.318 e. The number of fused-ring (bicyclic) bond motifs is 2. The van der Waals surface area contributed by atoms with E-state index in [1.54, 1.807) is 0 Å². The lowest BCUT2D eigenvalue weighted by Crippen LogP contribution is -2.60. The molecule has 2 heterocycles. The molecule has 0 aromatic heterocycles. The third-order valence-corrected chi connectivity index (χ3v) is 6.14. The first-order valence-electron chi connectivity index (χ1n) is 10.6. The first kappa shape index (κ1) is 19.5. The highest BCUT2D eigenvalue weighted by molar-refractivity contribution is 5.94. The Balaban J connectivity index is 1.36. The summed E-state index contributed by atoms with van der Waals surface area (Å²) < 4.78 is 0. The number of rotatable bonds is 4. The van der Waals surface area contributed by atoms with Gasteiger partial charge in [0.2, 0.25) is 0 Å². The third kappa shape index (κ3) is 4.61. The van der Waals surface area contributed by atoms with Crippen LogP contribution in [-0.4, -0.2) is 35.0 Å². The summed E-state index contributed by atoms with van der Waals surface area (Å²) >= 11 is 0. The highest BCUT2D eigenvalue weighted by Gasteiger charge is 2.41. The van der Waals surface area contributed by atoms with Gasteiger partial charge in [-0.2, -0.15) is 0 Å². The van der Waals surface area contributed by atoms with Crippen LogP contribution in [-0.2, 0) is 6.54 Å². The fourth-order valence-corrected chi connectivity index (χ4v) is 4.67. The zero-order valence-electron chi connectivity index (χ0n) is 16.9. The molecule has 2 N–H and O–H groups in total. The Morgan fingerprint density at radius 2 is 1.62 bits per heavy atom. The maximum absolute atomic E-state index is 12.9. The summed E-state index contributed by atoms with van der Waals surface area (Å²) in [6.45, 7) is 2.56. The summed E-state index contributed by atoms with van der Waals surface area (Å²) in [6, 6.07) is 18.2. The lowest BCUT2D eigenvalue weighted by molar-refractivity contribution is 0.0522. The number of carbonyl (C=O) groups excluding carboxylic acids is 2. The third-order valence-electron chi connectivity index (χ3n) is 6.14. The Morgan fingerprint density at radius 3 is 2.28 bits per heavy atom. The van der Waals surface area contributed by atoms with Crippen LogP contribution < -0.4 is 10.6 Å². The minimum atomic E-state index is -0.0185. The molecule has 0 aliphatic carbocycles. The summed E-state index contributed by atoms with van der Waals surface area (Å²) in [5, 5.41) is 6.29. The molecule has 152 valence electrons. The van der Waals surface area contributed by atoms with Gasteiger partial charge < -0.3 is 15.5 Å². The fourth-order valence-electron chi connectivity index (χ4n) is 4.67. The zero-order chi connectivity index (χ0) is 20.2. The number of piperidine rings is 2. The van der Waals surface area contributed by atoms with Crippen LogP contribution in [0.2, 0.25) is 0 Å². The van der Waals surface area contributed by atoms with Crippen LogP contribution in [0.1, 0.15) is 53.6 Å². The van der Waals surface area contributed by atoms with E-state index >= 15 is 0 Å². The number of urea groups is 1. The molecule has 2 aliphatic rings. The van der Waals surface area contributed by atoms with Gasteiger partial charge in [-0.25, -0.2) is 4.79 Å².